The molecule has 1 atom stereocenters. The zero-order chi connectivity index (χ0) is 16.4. The quantitative estimate of drug-likeness (QED) is 0.893. The largest absolute Gasteiger partial charge is 0.417 e. The third kappa shape index (κ3) is 4.11. The summed E-state index contributed by atoms with van der Waals surface area (Å²) in [5.41, 5.74) is -1.31. The average molecular weight is 360 g/mol. The Morgan fingerprint density at radius 1 is 1.32 bits per heavy atom. The van der Waals surface area contributed by atoms with Crippen LogP contribution >= 0.6 is 11.6 Å². The maximum Gasteiger partial charge on any atom is 0.417 e. The van der Waals surface area contributed by atoms with Crippen LogP contribution in [0.4, 0.5) is 13.2 Å². The van der Waals surface area contributed by atoms with Crippen molar-refractivity contribution in [2.24, 2.45) is 0 Å². The van der Waals surface area contributed by atoms with Gasteiger partial charge in [0.2, 0.25) is 10.0 Å². The van der Waals surface area contributed by atoms with Crippen LogP contribution < -0.4 is 4.72 Å². The second kappa shape index (κ2) is 6.71. The van der Waals surface area contributed by atoms with E-state index in [0.717, 1.165) is 12.1 Å². The van der Waals surface area contributed by atoms with E-state index in [1.165, 1.54) is 0 Å². The van der Waals surface area contributed by atoms with Gasteiger partial charge in [0.1, 0.15) is 4.90 Å². The van der Waals surface area contributed by atoms with E-state index in [0.29, 0.717) is 19.3 Å². The van der Waals surface area contributed by atoms with E-state index in [9.17, 15) is 21.6 Å². The minimum atomic E-state index is -4.83. The molecular formula is C12H13ClF3NO4S. The van der Waals surface area contributed by atoms with Crippen LogP contribution in [0.1, 0.15) is 5.56 Å². The van der Waals surface area contributed by atoms with Gasteiger partial charge in [-0.25, -0.2) is 13.1 Å². The first-order valence-corrected chi connectivity index (χ1v) is 8.12. The Balaban J connectivity index is 2.25. The Hall–Kier alpha value is -0.870. The van der Waals surface area contributed by atoms with Gasteiger partial charge >= 0.3 is 6.18 Å². The molecule has 1 aliphatic heterocycles. The molecule has 10 heteroatoms. The molecule has 0 bridgehead atoms. The lowest BCUT2D eigenvalue weighted by Gasteiger charge is -2.23. The molecule has 0 aromatic heterocycles. The number of alkyl halides is 3. The summed E-state index contributed by atoms with van der Waals surface area (Å²) in [5.74, 6) is 0. The van der Waals surface area contributed by atoms with E-state index < -0.39 is 37.8 Å². The van der Waals surface area contributed by atoms with E-state index in [-0.39, 0.29) is 13.2 Å². The Morgan fingerprint density at radius 2 is 2.05 bits per heavy atom. The molecule has 1 saturated heterocycles. The molecule has 1 fully saturated rings. The monoisotopic (exact) mass is 359 g/mol. The molecule has 0 radical (unpaired) electrons. The second-order valence-corrected chi connectivity index (χ2v) is 6.64. The van der Waals surface area contributed by atoms with E-state index in [4.69, 9.17) is 21.1 Å². The molecule has 5 nitrogen and oxygen atoms in total. The summed E-state index contributed by atoms with van der Waals surface area (Å²) in [6.45, 7) is 0.653. The Morgan fingerprint density at radius 3 is 2.64 bits per heavy atom. The highest BCUT2D eigenvalue weighted by Gasteiger charge is 2.38. The molecule has 1 aliphatic rings. The first-order valence-electron chi connectivity index (χ1n) is 6.26. The van der Waals surface area contributed by atoms with Crippen molar-refractivity contribution in [2.45, 2.75) is 17.2 Å². The van der Waals surface area contributed by atoms with Crippen molar-refractivity contribution >= 4 is 21.6 Å². The number of hydrogen-bond donors (Lipinski definition) is 1. The minimum Gasteiger partial charge on any atom is -0.376 e. The second-order valence-electron chi connectivity index (χ2n) is 4.53. The minimum absolute atomic E-state index is 0.164. The fourth-order valence-electron chi connectivity index (χ4n) is 1.93. The van der Waals surface area contributed by atoms with Crippen molar-refractivity contribution in [2.75, 3.05) is 26.4 Å². The van der Waals surface area contributed by atoms with Gasteiger partial charge in [0.05, 0.1) is 36.5 Å². The van der Waals surface area contributed by atoms with Gasteiger partial charge in [-0.3, -0.25) is 0 Å². The van der Waals surface area contributed by atoms with Crippen molar-refractivity contribution in [3.8, 4) is 0 Å². The van der Waals surface area contributed by atoms with Gasteiger partial charge < -0.3 is 9.47 Å². The SMILES string of the molecule is O=S(=O)(NCC1COCCO1)c1c(Cl)cccc1C(F)(F)F. The number of hydrogen-bond acceptors (Lipinski definition) is 4. The van der Waals surface area contributed by atoms with Crippen LogP contribution in [0.3, 0.4) is 0 Å². The normalized spacial score (nSPS) is 20.1. The van der Waals surface area contributed by atoms with Crippen LogP contribution in [0, 0.1) is 0 Å². The van der Waals surface area contributed by atoms with Crippen molar-refractivity contribution in [3.63, 3.8) is 0 Å². The lowest BCUT2D eigenvalue weighted by molar-refractivity contribution is -0.139. The Bertz CT molecular complexity index is 630. The average Bonchev–Trinajstić information content (AvgIpc) is 2.45. The molecule has 0 spiro atoms. The molecule has 1 heterocycles. The highest BCUT2D eigenvalue weighted by atomic mass is 35.5. The third-order valence-electron chi connectivity index (χ3n) is 2.93. The van der Waals surface area contributed by atoms with E-state index in [2.05, 4.69) is 4.72 Å². The summed E-state index contributed by atoms with van der Waals surface area (Å²) < 4.78 is 75.6. The Kier molecular flexibility index (Phi) is 5.33. The molecule has 1 unspecified atom stereocenters. The number of benzene rings is 1. The zero-order valence-corrected chi connectivity index (χ0v) is 12.8. The highest BCUT2D eigenvalue weighted by Crippen LogP contribution is 2.37. The predicted octanol–water partition coefficient (Wildman–Crippen LogP) is 2.05. The van der Waals surface area contributed by atoms with Crippen LogP contribution in [0.25, 0.3) is 0 Å². The third-order valence-corrected chi connectivity index (χ3v) is 4.88. The molecule has 0 saturated carbocycles. The fourth-order valence-corrected chi connectivity index (χ4v) is 3.76. The number of rotatable bonds is 4. The van der Waals surface area contributed by atoms with Gasteiger partial charge in [-0.1, -0.05) is 17.7 Å². The van der Waals surface area contributed by atoms with Crippen LogP contribution in [0.15, 0.2) is 23.1 Å². The van der Waals surface area contributed by atoms with Crippen LogP contribution in [0.2, 0.25) is 5.02 Å². The smallest absolute Gasteiger partial charge is 0.376 e. The first-order chi connectivity index (χ1) is 10.2. The van der Waals surface area contributed by atoms with Crippen molar-refractivity contribution in [1.29, 1.82) is 0 Å². The summed E-state index contributed by atoms with van der Waals surface area (Å²) in [6, 6.07) is 2.80. The molecule has 124 valence electrons. The van der Waals surface area contributed by atoms with Crippen LogP contribution in [0.5, 0.6) is 0 Å². The fraction of sp³-hybridized carbons (Fsp3) is 0.500. The highest BCUT2D eigenvalue weighted by molar-refractivity contribution is 7.89. The number of sulfonamides is 1. The molecule has 0 amide bonds. The van der Waals surface area contributed by atoms with Gasteiger partial charge in [0, 0.05) is 6.54 Å². The number of halogens is 4. The topological polar surface area (TPSA) is 64.6 Å². The lowest BCUT2D eigenvalue weighted by Crippen LogP contribution is -2.40. The standard InChI is InChI=1S/C12H13ClF3NO4S/c13-10-3-1-2-9(12(14,15)16)11(10)22(18,19)17-6-8-7-20-4-5-21-8/h1-3,8,17H,4-7H2. The molecule has 1 aromatic carbocycles. The maximum atomic E-state index is 13.0. The van der Waals surface area contributed by atoms with E-state index in [1.54, 1.807) is 0 Å². The number of nitrogens with one attached hydrogen (secondary N) is 1. The summed E-state index contributed by atoms with van der Waals surface area (Å²) in [6.07, 6.45) is -5.39. The lowest BCUT2D eigenvalue weighted by atomic mass is 10.2. The Labute approximate surface area is 130 Å². The van der Waals surface area contributed by atoms with Gasteiger partial charge in [0.25, 0.3) is 0 Å². The van der Waals surface area contributed by atoms with Crippen molar-refractivity contribution in [1.82, 2.24) is 4.72 Å². The summed E-state index contributed by atoms with van der Waals surface area (Å²) in [7, 11) is -4.44. The maximum absolute atomic E-state index is 13.0. The molecule has 1 aromatic rings. The molecule has 22 heavy (non-hydrogen) atoms. The van der Waals surface area contributed by atoms with Crippen LogP contribution in [-0.4, -0.2) is 40.9 Å². The summed E-state index contributed by atoms with van der Waals surface area (Å²) in [4.78, 5) is -0.985. The van der Waals surface area contributed by atoms with Gasteiger partial charge in [0.15, 0.2) is 0 Å². The number of ether oxygens (including phenoxy) is 2. The van der Waals surface area contributed by atoms with Gasteiger partial charge in [-0.05, 0) is 12.1 Å². The predicted molar refractivity (Wildman–Crippen MR) is 72.2 cm³/mol. The van der Waals surface area contributed by atoms with Crippen molar-refractivity contribution in [3.05, 3.63) is 28.8 Å². The molecule has 2 rings (SSSR count). The molecule has 0 aliphatic carbocycles. The molecular weight excluding hydrogens is 347 g/mol. The zero-order valence-electron chi connectivity index (χ0n) is 11.2. The van der Waals surface area contributed by atoms with E-state index in [1.807, 2.05) is 0 Å². The summed E-state index contributed by atoms with van der Waals surface area (Å²) in [5, 5.41) is -0.497. The van der Waals surface area contributed by atoms with Crippen LogP contribution in [-0.2, 0) is 25.7 Å². The van der Waals surface area contributed by atoms with E-state index >= 15 is 0 Å². The summed E-state index contributed by atoms with van der Waals surface area (Å²) >= 11 is 5.67. The van der Waals surface area contributed by atoms with Gasteiger partial charge in [-0.2, -0.15) is 13.2 Å². The van der Waals surface area contributed by atoms with Crippen molar-refractivity contribution < 1.29 is 31.1 Å². The van der Waals surface area contributed by atoms with Gasteiger partial charge in [-0.15, -0.1) is 0 Å². The first kappa shape index (κ1) is 17.5. The molecule has 1 N–H and O–H groups in total.